The zero-order valence-electron chi connectivity index (χ0n) is 12.1. The number of carboxylic acid groups (broad SMARTS) is 2. The molecule has 0 saturated carbocycles. The van der Waals surface area contributed by atoms with Gasteiger partial charge in [-0.2, -0.15) is 0 Å². The smallest absolute Gasteiger partial charge is 0.352 e. The molecule has 0 aliphatic carbocycles. The highest BCUT2D eigenvalue weighted by molar-refractivity contribution is 5.97. The van der Waals surface area contributed by atoms with Crippen molar-refractivity contribution in [2.75, 3.05) is 0 Å². The Hall–Kier alpha value is -2.89. The maximum atomic E-state index is 11.3. The van der Waals surface area contributed by atoms with Gasteiger partial charge in [0.15, 0.2) is 5.78 Å². The van der Waals surface area contributed by atoms with Gasteiger partial charge in [0.1, 0.15) is 5.69 Å². The minimum absolute atomic E-state index is 0.0688. The van der Waals surface area contributed by atoms with Crippen molar-refractivity contribution in [2.45, 2.75) is 19.8 Å². The summed E-state index contributed by atoms with van der Waals surface area (Å²) in [5.74, 6) is -1.97. The van der Waals surface area contributed by atoms with Gasteiger partial charge in [-0.25, -0.2) is 4.79 Å². The highest BCUT2D eigenvalue weighted by Gasteiger charge is 2.07. The zero-order valence-corrected chi connectivity index (χ0v) is 12.1. The molecule has 116 valence electrons. The quantitative estimate of drug-likeness (QED) is 0.736. The number of ketones is 1. The summed E-state index contributed by atoms with van der Waals surface area (Å²) in [4.78, 5) is 34.3. The van der Waals surface area contributed by atoms with Crippen molar-refractivity contribution < 1.29 is 24.6 Å². The fourth-order valence-corrected chi connectivity index (χ4v) is 1.67. The van der Waals surface area contributed by atoms with Gasteiger partial charge in [0, 0.05) is 18.2 Å². The van der Waals surface area contributed by atoms with Gasteiger partial charge in [-0.15, -0.1) is 0 Å². The SMILES string of the molecule is Cc1cc[nH]c1C(=O)O.O=C(O)CCC(=O)c1ccccc1. The normalized spacial score (nSPS) is 9.50. The van der Waals surface area contributed by atoms with Crippen LogP contribution in [0.3, 0.4) is 0 Å². The fraction of sp³-hybridized carbons (Fsp3) is 0.188. The molecule has 3 N–H and O–H groups in total. The van der Waals surface area contributed by atoms with Gasteiger partial charge in [0.2, 0.25) is 0 Å². The van der Waals surface area contributed by atoms with E-state index in [1.54, 1.807) is 43.5 Å². The molecule has 0 atom stereocenters. The number of rotatable bonds is 5. The molecule has 22 heavy (non-hydrogen) atoms. The summed E-state index contributed by atoms with van der Waals surface area (Å²) in [6, 6.07) is 10.4. The van der Waals surface area contributed by atoms with Crippen molar-refractivity contribution in [2.24, 2.45) is 0 Å². The predicted molar refractivity (Wildman–Crippen MR) is 80.1 cm³/mol. The van der Waals surface area contributed by atoms with Gasteiger partial charge in [-0.05, 0) is 18.6 Å². The molecule has 0 unspecified atom stereocenters. The van der Waals surface area contributed by atoms with Crippen molar-refractivity contribution in [1.82, 2.24) is 4.98 Å². The van der Waals surface area contributed by atoms with E-state index in [-0.39, 0.29) is 24.3 Å². The second-order valence-corrected chi connectivity index (χ2v) is 4.52. The molecule has 1 aromatic carbocycles. The van der Waals surface area contributed by atoms with Gasteiger partial charge >= 0.3 is 11.9 Å². The number of aromatic nitrogens is 1. The van der Waals surface area contributed by atoms with E-state index in [1.165, 1.54) is 0 Å². The standard InChI is InChI=1S/C10H10O3.C6H7NO2/c11-9(6-7-10(12)13)8-4-2-1-3-5-8;1-4-2-3-7-5(4)6(8)9/h1-5H,6-7H2,(H,12,13);2-3,7H,1H3,(H,8,9). The Kier molecular flexibility index (Phi) is 6.56. The Morgan fingerprint density at radius 3 is 2.05 bits per heavy atom. The Bertz CT molecular complexity index is 646. The molecule has 0 aliphatic rings. The molecule has 0 saturated heterocycles. The number of aromatic amines is 1. The monoisotopic (exact) mass is 303 g/mol. The third-order valence-electron chi connectivity index (χ3n) is 2.83. The molecule has 0 radical (unpaired) electrons. The Morgan fingerprint density at radius 2 is 1.64 bits per heavy atom. The topological polar surface area (TPSA) is 107 Å². The molecule has 0 bridgehead atoms. The largest absolute Gasteiger partial charge is 0.481 e. The number of nitrogens with one attached hydrogen (secondary N) is 1. The van der Waals surface area contributed by atoms with E-state index >= 15 is 0 Å². The molecule has 0 fully saturated rings. The number of H-pyrrole nitrogens is 1. The van der Waals surface area contributed by atoms with E-state index in [1.807, 2.05) is 6.07 Å². The molecular weight excluding hydrogens is 286 g/mol. The average molecular weight is 303 g/mol. The second-order valence-electron chi connectivity index (χ2n) is 4.52. The van der Waals surface area contributed by atoms with Gasteiger partial charge < -0.3 is 15.2 Å². The number of benzene rings is 1. The molecule has 6 nitrogen and oxygen atoms in total. The molecule has 1 aromatic heterocycles. The number of hydrogen-bond acceptors (Lipinski definition) is 3. The van der Waals surface area contributed by atoms with E-state index in [0.29, 0.717) is 5.56 Å². The summed E-state index contributed by atoms with van der Waals surface area (Å²) in [6.07, 6.45) is 1.58. The van der Waals surface area contributed by atoms with Gasteiger partial charge in [0.05, 0.1) is 6.42 Å². The Labute approximate surface area is 127 Å². The predicted octanol–water partition coefficient (Wildman–Crippen LogP) is 2.76. The molecule has 0 aliphatic heterocycles. The molecule has 2 aromatic rings. The van der Waals surface area contributed by atoms with Crippen LogP contribution in [0.25, 0.3) is 0 Å². The maximum Gasteiger partial charge on any atom is 0.352 e. The van der Waals surface area contributed by atoms with Crippen LogP contribution in [-0.4, -0.2) is 32.9 Å². The number of aliphatic carboxylic acids is 1. The van der Waals surface area contributed by atoms with Crippen LogP contribution in [0.2, 0.25) is 0 Å². The number of carboxylic acids is 2. The van der Waals surface area contributed by atoms with E-state index < -0.39 is 11.9 Å². The van der Waals surface area contributed by atoms with Crippen LogP contribution in [-0.2, 0) is 4.79 Å². The number of aromatic carboxylic acids is 1. The molecular formula is C16H17NO5. The fourth-order valence-electron chi connectivity index (χ4n) is 1.67. The first kappa shape index (κ1) is 17.2. The summed E-state index contributed by atoms with van der Waals surface area (Å²) in [7, 11) is 0. The lowest BCUT2D eigenvalue weighted by molar-refractivity contribution is -0.136. The first-order valence-corrected chi connectivity index (χ1v) is 6.59. The minimum atomic E-state index is -0.940. The minimum Gasteiger partial charge on any atom is -0.481 e. The summed E-state index contributed by atoms with van der Waals surface area (Å²) in [5.41, 5.74) is 1.61. The number of carbonyl (C=O) groups excluding carboxylic acids is 1. The molecule has 0 spiro atoms. The van der Waals surface area contributed by atoms with Gasteiger partial charge in [0.25, 0.3) is 0 Å². The third-order valence-corrected chi connectivity index (χ3v) is 2.83. The van der Waals surface area contributed by atoms with Crippen LogP contribution in [0.4, 0.5) is 0 Å². The lowest BCUT2D eigenvalue weighted by Crippen LogP contribution is -2.03. The van der Waals surface area contributed by atoms with Crippen molar-refractivity contribution in [3.63, 3.8) is 0 Å². The summed E-state index contributed by atoms with van der Waals surface area (Å²) >= 11 is 0. The van der Waals surface area contributed by atoms with Crippen molar-refractivity contribution in [3.05, 3.63) is 59.4 Å². The molecule has 1 heterocycles. The number of carbonyl (C=O) groups is 3. The van der Waals surface area contributed by atoms with Gasteiger partial charge in [-0.3, -0.25) is 9.59 Å². The highest BCUT2D eigenvalue weighted by Crippen LogP contribution is 2.04. The van der Waals surface area contributed by atoms with Crippen molar-refractivity contribution in [3.8, 4) is 0 Å². The lowest BCUT2D eigenvalue weighted by atomic mass is 10.1. The van der Waals surface area contributed by atoms with Crippen LogP contribution >= 0.6 is 0 Å². The number of aryl methyl sites for hydroxylation is 1. The van der Waals surface area contributed by atoms with E-state index in [0.717, 1.165) is 5.56 Å². The third kappa shape index (κ3) is 5.62. The van der Waals surface area contributed by atoms with Crippen LogP contribution in [0.1, 0.15) is 39.3 Å². The van der Waals surface area contributed by atoms with Crippen LogP contribution < -0.4 is 0 Å². The zero-order chi connectivity index (χ0) is 16.5. The maximum absolute atomic E-state index is 11.3. The summed E-state index contributed by atoms with van der Waals surface area (Å²) < 4.78 is 0. The van der Waals surface area contributed by atoms with E-state index in [4.69, 9.17) is 10.2 Å². The van der Waals surface area contributed by atoms with Crippen LogP contribution in [0.15, 0.2) is 42.6 Å². The van der Waals surface area contributed by atoms with Crippen LogP contribution in [0.5, 0.6) is 0 Å². The number of Topliss-reactive ketones (excluding diaryl/α,β-unsaturated/α-hetero) is 1. The molecule has 6 heteroatoms. The van der Waals surface area contributed by atoms with Crippen LogP contribution in [0, 0.1) is 6.92 Å². The number of hydrogen-bond donors (Lipinski definition) is 3. The second kappa shape index (κ2) is 8.41. The Balaban J connectivity index is 0.000000235. The average Bonchev–Trinajstić information content (AvgIpc) is 2.92. The molecule has 0 amide bonds. The lowest BCUT2D eigenvalue weighted by Gasteiger charge is -1.97. The first-order chi connectivity index (χ1) is 10.4. The first-order valence-electron chi connectivity index (χ1n) is 6.59. The highest BCUT2D eigenvalue weighted by atomic mass is 16.4. The van der Waals surface area contributed by atoms with E-state index in [2.05, 4.69) is 4.98 Å². The Morgan fingerprint density at radius 1 is 1.00 bits per heavy atom. The molecule has 2 rings (SSSR count). The van der Waals surface area contributed by atoms with E-state index in [9.17, 15) is 14.4 Å². The van der Waals surface area contributed by atoms with Gasteiger partial charge in [-0.1, -0.05) is 30.3 Å². The van der Waals surface area contributed by atoms with Crippen molar-refractivity contribution in [1.29, 1.82) is 0 Å². The summed E-state index contributed by atoms with van der Waals surface area (Å²) in [6.45, 7) is 1.75. The van der Waals surface area contributed by atoms with Crippen molar-refractivity contribution >= 4 is 17.7 Å². The summed E-state index contributed by atoms with van der Waals surface area (Å²) in [5, 5.41) is 16.8.